The van der Waals surface area contributed by atoms with Gasteiger partial charge in [-0.3, -0.25) is 0 Å². The molecule has 0 bridgehead atoms. The number of carbonyl (C=O) groups excluding carboxylic acids is 1. The number of hydrogen-bond acceptors (Lipinski definition) is 3. The maximum absolute atomic E-state index is 11.6. The van der Waals surface area contributed by atoms with Crippen molar-refractivity contribution in [3.05, 3.63) is 47.7 Å². The van der Waals surface area contributed by atoms with Crippen molar-refractivity contribution >= 4 is 5.97 Å². The summed E-state index contributed by atoms with van der Waals surface area (Å²) in [5.41, 5.74) is 1.90. The Kier molecular flexibility index (Phi) is 3.47. The zero-order valence-corrected chi connectivity index (χ0v) is 10.1. The van der Waals surface area contributed by atoms with Crippen LogP contribution in [-0.4, -0.2) is 20.2 Å². The van der Waals surface area contributed by atoms with Crippen molar-refractivity contribution in [2.45, 2.75) is 12.3 Å². The summed E-state index contributed by atoms with van der Waals surface area (Å²) in [5.74, 6) is 0.344. The van der Waals surface area contributed by atoms with Crippen molar-refractivity contribution in [3.63, 3.8) is 0 Å². The van der Waals surface area contributed by atoms with E-state index in [0.29, 0.717) is 11.5 Å². The van der Waals surface area contributed by atoms with Gasteiger partial charge in [-0.25, -0.2) is 4.79 Å². The van der Waals surface area contributed by atoms with Crippen molar-refractivity contribution < 1.29 is 14.3 Å². The molecular weight excluding hydrogens is 216 g/mol. The van der Waals surface area contributed by atoms with E-state index < -0.39 is 0 Å². The van der Waals surface area contributed by atoms with E-state index in [0.717, 1.165) is 6.42 Å². The molecule has 1 aromatic carbocycles. The number of hydrogen-bond donors (Lipinski definition) is 0. The SMILES string of the molecule is CO/C=C(/C(=O)OC)[C@@H]1C[C@@H]1c1ccccc1. The van der Waals surface area contributed by atoms with Gasteiger partial charge in [-0.05, 0) is 17.9 Å². The van der Waals surface area contributed by atoms with Crippen LogP contribution in [0.3, 0.4) is 0 Å². The molecule has 0 aliphatic heterocycles. The Bertz CT molecular complexity index is 422. The third-order valence-electron chi connectivity index (χ3n) is 3.08. The van der Waals surface area contributed by atoms with Gasteiger partial charge in [-0.15, -0.1) is 0 Å². The molecule has 17 heavy (non-hydrogen) atoms. The van der Waals surface area contributed by atoms with E-state index in [-0.39, 0.29) is 11.9 Å². The molecule has 0 aromatic heterocycles. The van der Waals surface area contributed by atoms with Crippen LogP contribution in [-0.2, 0) is 14.3 Å². The highest BCUT2D eigenvalue weighted by molar-refractivity contribution is 5.89. The highest BCUT2D eigenvalue weighted by Crippen LogP contribution is 2.51. The van der Waals surface area contributed by atoms with Crippen LogP contribution in [0.25, 0.3) is 0 Å². The Labute approximate surface area is 101 Å². The lowest BCUT2D eigenvalue weighted by atomic mass is 10.1. The Balaban J connectivity index is 2.11. The molecule has 1 saturated carbocycles. The molecule has 1 aliphatic carbocycles. The molecule has 1 fully saturated rings. The molecule has 3 nitrogen and oxygen atoms in total. The summed E-state index contributed by atoms with van der Waals surface area (Å²) in [6, 6.07) is 10.2. The van der Waals surface area contributed by atoms with Gasteiger partial charge in [0.05, 0.1) is 26.1 Å². The summed E-state index contributed by atoms with van der Waals surface area (Å²) in [6.07, 6.45) is 2.48. The molecule has 1 aliphatic rings. The summed E-state index contributed by atoms with van der Waals surface area (Å²) < 4.78 is 9.71. The minimum atomic E-state index is -0.296. The number of methoxy groups -OCH3 is 2. The predicted molar refractivity (Wildman–Crippen MR) is 64.4 cm³/mol. The van der Waals surface area contributed by atoms with Crippen LogP contribution < -0.4 is 0 Å². The molecule has 0 heterocycles. The summed E-state index contributed by atoms with van der Waals surface area (Å²) in [7, 11) is 2.94. The second-order valence-electron chi connectivity index (χ2n) is 4.16. The minimum Gasteiger partial charge on any atom is -0.504 e. The van der Waals surface area contributed by atoms with Gasteiger partial charge < -0.3 is 9.47 Å². The number of carbonyl (C=O) groups is 1. The van der Waals surface area contributed by atoms with Gasteiger partial charge in [0.25, 0.3) is 0 Å². The molecule has 0 saturated heterocycles. The first kappa shape index (κ1) is 11.7. The lowest BCUT2D eigenvalue weighted by Crippen LogP contribution is -2.07. The minimum absolute atomic E-state index is 0.227. The third-order valence-corrected chi connectivity index (χ3v) is 3.08. The second-order valence-corrected chi connectivity index (χ2v) is 4.16. The maximum Gasteiger partial charge on any atom is 0.337 e. The number of esters is 1. The third kappa shape index (κ3) is 2.49. The number of benzene rings is 1. The van der Waals surface area contributed by atoms with E-state index in [1.54, 1.807) is 7.11 Å². The van der Waals surface area contributed by atoms with Gasteiger partial charge >= 0.3 is 5.97 Å². The lowest BCUT2D eigenvalue weighted by molar-refractivity contribution is -0.136. The Morgan fingerprint density at radius 1 is 1.29 bits per heavy atom. The predicted octanol–water partition coefficient (Wildman–Crippen LogP) is 2.49. The topological polar surface area (TPSA) is 35.5 Å². The van der Waals surface area contributed by atoms with E-state index in [1.165, 1.54) is 18.9 Å². The maximum atomic E-state index is 11.6. The van der Waals surface area contributed by atoms with Gasteiger partial charge in [0.1, 0.15) is 0 Å². The fourth-order valence-electron chi connectivity index (χ4n) is 2.14. The molecule has 1 aromatic rings. The summed E-state index contributed by atoms with van der Waals surface area (Å²) in [6.45, 7) is 0. The van der Waals surface area contributed by atoms with Crippen LogP contribution in [0.2, 0.25) is 0 Å². The largest absolute Gasteiger partial charge is 0.504 e. The molecule has 90 valence electrons. The van der Waals surface area contributed by atoms with Crippen LogP contribution in [0.15, 0.2) is 42.2 Å². The first-order valence-corrected chi connectivity index (χ1v) is 5.64. The zero-order valence-electron chi connectivity index (χ0n) is 10.1. The molecule has 3 heteroatoms. The Hall–Kier alpha value is -1.77. The van der Waals surface area contributed by atoms with E-state index in [9.17, 15) is 4.79 Å². The van der Waals surface area contributed by atoms with E-state index in [2.05, 4.69) is 12.1 Å². The fraction of sp³-hybridized carbons (Fsp3) is 0.357. The monoisotopic (exact) mass is 232 g/mol. The summed E-state index contributed by atoms with van der Waals surface area (Å²) in [4.78, 5) is 11.6. The van der Waals surface area contributed by atoms with Gasteiger partial charge in [0.15, 0.2) is 0 Å². The first-order valence-electron chi connectivity index (χ1n) is 5.64. The number of rotatable bonds is 4. The highest BCUT2D eigenvalue weighted by atomic mass is 16.5. The first-order chi connectivity index (χ1) is 8.27. The van der Waals surface area contributed by atoms with Crippen LogP contribution in [0.1, 0.15) is 17.9 Å². The summed E-state index contributed by atoms with van der Waals surface area (Å²) in [5, 5.41) is 0. The van der Waals surface area contributed by atoms with Crippen LogP contribution in [0, 0.1) is 5.92 Å². The average molecular weight is 232 g/mol. The molecule has 0 unspecified atom stereocenters. The Morgan fingerprint density at radius 3 is 2.59 bits per heavy atom. The van der Waals surface area contributed by atoms with Crippen LogP contribution in [0.5, 0.6) is 0 Å². The zero-order chi connectivity index (χ0) is 12.3. The fourth-order valence-corrected chi connectivity index (χ4v) is 2.14. The quantitative estimate of drug-likeness (QED) is 0.454. The van der Waals surface area contributed by atoms with E-state index in [1.807, 2.05) is 18.2 Å². The van der Waals surface area contributed by atoms with E-state index >= 15 is 0 Å². The van der Waals surface area contributed by atoms with Crippen molar-refractivity contribution in [2.24, 2.45) is 5.92 Å². The van der Waals surface area contributed by atoms with Crippen LogP contribution in [0.4, 0.5) is 0 Å². The van der Waals surface area contributed by atoms with Crippen molar-refractivity contribution in [1.82, 2.24) is 0 Å². The smallest absolute Gasteiger partial charge is 0.337 e. The normalized spacial score (nSPS) is 23.1. The van der Waals surface area contributed by atoms with Crippen molar-refractivity contribution in [2.75, 3.05) is 14.2 Å². The highest BCUT2D eigenvalue weighted by Gasteiger charge is 2.44. The van der Waals surface area contributed by atoms with Gasteiger partial charge in [0, 0.05) is 5.92 Å². The Morgan fingerprint density at radius 2 is 2.00 bits per heavy atom. The molecular formula is C14H16O3. The standard InChI is InChI=1S/C14H16O3/c1-16-9-13(14(15)17-2)12-8-11(12)10-6-4-3-5-7-10/h3-7,9,11-12H,8H2,1-2H3/b13-9+/t11-,12-/m1/s1. The molecule has 2 rings (SSSR count). The molecule has 2 atom stereocenters. The molecule has 0 radical (unpaired) electrons. The molecule has 0 N–H and O–H groups in total. The van der Waals surface area contributed by atoms with Gasteiger partial charge in [-0.2, -0.15) is 0 Å². The number of ether oxygens (including phenoxy) is 2. The van der Waals surface area contributed by atoms with Crippen LogP contribution >= 0.6 is 0 Å². The summed E-state index contributed by atoms with van der Waals surface area (Å²) >= 11 is 0. The van der Waals surface area contributed by atoms with E-state index in [4.69, 9.17) is 9.47 Å². The average Bonchev–Trinajstić information content (AvgIpc) is 3.16. The van der Waals surface area contributed by atoms with Gasteiger partial charge in [0.2, 0.25) is 0 Å². The molecule has 0 amide bonds. The van der Waals surface area contributed by atoms with Crippen molar-refractivity contribution in [3.8, 4) is 0 Å². The van der Waals surface area contributed by atoms with Crippen molar-refractivity contribution in [1.29, 1.82) is 0 Å². The van der Waals surface area contributed by atoms with Gasteiger partial charge in [-0.1, -0.05) is 30.3 Å². The lowest BCUT2D eigenvalue weighted by Gasteiger charge is -2.04. The second kappa shape index (κ2) is 5.04. The molecule has 0 spiro atoms.